The van der Waals surface area contributed by atoms with Crippen LogP contribution in [0.3, 0.4) is 0 Å². The van der Waals surface area contributed by atoms with Crippen LogP contribution < -0.4 is 0 Å². The molecule has 2 aromatic carbocycles. The van der Waals surface area contributed by atoms with Crippen LogP contribution in [0.1, 0.15) is 67.6 Å². The predicted octanol–water partition coefficient (Wildman–Crippen LogP) is 5.81. The summed E-state index contributed by atoms with van der Waals surface area (Å²) in [6.07, 6.45) is 6.07. The van der Waals surface area contributed by atoms with E-state index >= 15 is 0 Å². The summed E-state index contributed by atoms with van der Waals surface area (Å²) < 4.78 is 12.2. The maximum absolute atomic E-state index is 6.10. The number of hydrogen-bond donors (Lipinski definition) is 0. The summed E-state index contributed by atoms with van der Waals surface area (Å²) in [4.78, 5) is 0. The minimum atomic E-state index is 0.0516. The van der Waals surface area contributed by atoms with Gasteiger partial charge < -0.3 is 9.47 Å². The molecular formula is C23H30O2. The van der Waals surface area contributed by atoms with Crippen molar-refractivity contribution in [3.8, 4) is 0 Å². The van der Waals surface area contributed by atoms with E-state index in [1.54, 1.807) is 0 Å². The molecule has 1 saturated heterocycles. The van der Waals surface area contributed by atoms with E-state index in [0.717, 1.165) is 12.8 Å². The molecule has 1 heterocycles. The molecule has 1 aliphatic heterocycles. The molecule has 134 valence electrons. The number of rotatable bonds is 7. The summed E-state index contributed by atoms with van der Waals surface area (Å²) >= 11 is 0. The van der Waals surface area contributed by atoms with E-state index in [1.807, 2.05) is 0 Å². The average Bonchev–Trinajstić information content (AvgIpc) is 2.68. The molecule has 0 aliphatic carbocycles. The van der Waals surface area contributed by atoms with Crippen molar-refractivity contribution in [3.63, 3.8) is 0 Å². The van der Waals surface area contributed by atoms with Crippen LogP contribution in [0.25, 0.3) is 0 Å². The van der Waals surface area contributed by atoms with Gasteiger partial charge >= 0.3 is 0 Å². The van der Waals surface area contributed by atoms with Crippen molar-refractivity contribution in [1.82, 2.24) is 0 Å². The maximum Gasteiger partial charge on any atom is 0.106 e. The van der Waals surface area contributed by atoms with Crippen molar-refractivity contribution in [2.45, 2.75) is 58.2 Å². The van der Waals surface area contributed by atoms with Gasteiger partial charge in [0.25, 0.3) is 0 Å². The van der Waals surface area contributed by atoms with Crippen molar-refractivity contribution in [3.05, 3.63) is 70.8 Å². The van der Waals surface area contributed by atoms with Crippen molar-refractivity contribution < 1.29 is 9.47 Å². The lowest BCUT2D eigenvalue weighted by Crippen LogP contribution is -2.25. The lowest BCUT2D eigenvalue weighted by Gasteiger charge is -2.30. The highest BCUT2D eigenvalue weighted by molar-refractivity contribution is 5.26. The SMILES string of the molecule is CCCCc1ccc([C@@H]2CO[C@@H](c3ccc(CCC)cc3)CO2)cc1. The third-order valence-corrected chi connectivity index (χ3v) is 4.96. The Morgan fingerprint density at radius 2 is 1.16 bits per heavy atom. The van der Waals surface area contributed by atoms with Crippen LogP contribution in [0.2, 0.25) is 0 Å². The zero-order valence-electron chi connectivity index (χ0n) is 15.5. The van der Waals surface area contributed by atoms with Gasteiger partial charge in [0, 0.05) is 0 Å². The molecule has 0 unspecified atom stereocenters. The molecule has 3 rings (SSSR count). The quantitative estimate of drug-likeness (QED) is 0.634. The Morgan fingerprint density at radius 3 is 1.56 bits per heavy atom. The summed E-state index contributed by atoms with van der Waals surface area (Å²) in [7, 11) is 0. The normalized spacial score (nSPS) is 20.6. The van der Waals surface area contributed by atoms with Gasteiger partial charge in [-0.15, -0.1) is 0 Å². The fourth-order valence-corrected chi connectivity index (χ4v) is 3.36. The predicted molar refractivity (Wildman–Crippen MR) is 103 cm³/mol. The van der Waals surface area contributed by atoms with Crippen LogP contribution in [0, 0.1) is 0 Å². The smallest absolute Gasteiger partial charge is 0.106 e. The molecule has 1 aliphatic rings. The van der Waals surface area contributed by atoms with Gasteiger partial charge in [-0.1, -0.05) is 75.2 Å². The first-order valence-electron chi connectivity index (χ1n) is 9.71. The molecule has 0 saturated carbocycles. The number of unbranched alkanes of at least 4 members (excludes halogenated alkanes) is 1. The maximum atomic E-state index is 6.10. The fraction of sp³-hybridized carbons (Fsp3) is 0.478. The molecule has 0 bridgehead atoms. The second-order valence-electron chi connectivity index (χ2n) is 6.98. The highest BCUT2D eigenvalue weighted by Gasteiger charge is 2.24. The van der Waals surface area contributed by atoms with Gasteiger partial charge in [-0.3, -0.25) is 0 Å². The Morgan fingerprint density at radius 1 is 0.680 bits per heavy atom. The van der Waals surface area contributed by atoms with E-state index in [-0.39, 0.29) is 12.2 Å². The lowest BCUT2D eigenvalue weighted by molar-refractivity contribution is -0.137. The molecule has 2 aromatic rings. The third-order valence-electron chi connectivity index (χ3n) is 4.96. The van der Waals surface area contributed by atoms with E-state index in [0.29, 0.717) is 13.2 Å². The molecule has 1 fully saturated rings. The number of hydrogen-bond acceptors (Lipinski definition) is 2. The summed E-state index contributed by atoms with van der Waals surface area (Å²) in [5.41, 5.74) is 5.24. The highest BCUT2D eigenvalue weighted by Crippen LogP contribution is 2.30. The summed E-state index contributed by atoms with van der Waals surface area (Å²) in [6, 6.07) is 17.6. The van der Waals surface area contributed by atoms with Gasteiger partial charge in [0.1, 0.15) is 12.2 Å². The molecule has 0 spiro atoms. The third kappa shape index (κ3) is 4.93. The molecule has 2 nitrogen and oxygen atoms in total. The number of benzene rings is 2. The molecule has 2 atom stereocenters. The van der Waals surface area contributed by atoms with Crippen molar-refractivity contribution in [2.24, 2.45) is 0 Å². The fourth-order valence-electron chi connectivity index (χ4n) is 3.36. The van der Waals surface area contributed by atoms with Crippen LogP contribution in [-0.2, 0) is 22.3 Å². The van der Waals surface area contributed by atoms with Gasteiger partial charge in [-0.2, -0.15) is 0 Å². The molecule has 0 aromatic heterocycles. The van der Waals surface area contributed by atoms with Crippen molar-refractivity contribution >= 4 is 0 Å². The molecule has 0 radical (unpaired) electrons. The topological polar surface area (TPSA) is 18.5 Å². The summed E-state index contributed by atoms with van der Waals surface area (Å²) in [5, 5.41) is 0. The standard InChI is InChI=1S/C23H30O2/c1-3-5-7-19-10-14-21(15-11-19)23-17-24-22(16-25-23)20-12-8-18(6-4-2)9-13-20/h8-15,22-23H,3-7,16-17H2,1-2H3/t22-,23+/m1/s1. The Balaban J connectivity index is 1.54. The van der Waals surface area contributed by atoms with Gasteiger partial charge in [-0.05, 0) is 41.5 Å². The van der Waals surface area contributed by atoms with E-state index < -0.39 is 0 Å². The Bertz CT molecular complexity index is 622. The van der Waals surface area contributed by atoms with E-state index in [2.05, 4.69) is 62.4 Å². The van der Waals surface area contributed by atoms with E-state index in [4.69, 9.17) is 9.47 Å². The molecular weight excluding hydrogens is 308 g/mol. The van der Waals surface area contributed by atoms with Crippen LogP contribution in [0.15, 0.2) is 48.5 Å². The first-order valence-corrected chi connectivity index (χ1v) is 9.71. The van der Waals surface area contributed by atoms with Crippen LogP contribution >= 0.6 is 0 Å². The largest absolute Gasteiger partial charge is 0.368 e. The lowest BCUT2D eigenvalue weighted by atomic mass is 10.0. The zero-order valence-corrected chi connectivity index (χ0v) is 15.5. The van der Waals surface area contributed by atoms with Crippen molar-refractivity contribution in [1.29, 1.82) is 0 Å². The van der Waals surface area contributed by atoms with Crippen LogP contribution in [-0.4, -0.2) is 13.2 Å². The monoisotopic (exact) mass is 338 g/mol. The molecule has 2 heteroatoms. The van der Waals surface area contributed by atoms with Crippen LogP contribution in [0.4, 0.5) is 0 Å². The van der Waals surface area contributed by atoms with Crippen LogP contribution in [0.5, 0.6) is 0 Å². The molecule has 0 amide bonds. The zero-order chi connectivity index (χ0) is 17.5. The van der Waals surface area contributed by atoms with Gasteiger partial charge in [0.15, 0.2) is 0 Å². The highest BCUT2D eigenvalue weighted by atomic mass is 16.6. The van der Waals surface area contributed by atoms with E-state index in [1.165, 1.54) is 41.5 Å². The van der Waals surface area contributed by atoms with Gasteiger partial charge in [0.05, 0.1) is 13.2 Å². The second-order valence-corrected chi connectivity index (χ2v) is 6.98. The second kappa shape index (κ2) is 9.17. The number of aryl methyl sites for hydroxylation is 2. The molecule has 25 heavy (non-hydrogen) atoms. The van der Waals surface area contributed by atoms with Gasteiger partial charge in [-0.25, -0.2) is 0 Å². The first-order chi connectivity index (χ1) is 12.3. The Labute approximate surface area is 152 Å². The first kappa shape index (κ1) is 18.2. The summed E-state index contributed by atoms with van der Waals surface area (Å²) in [5.74, 6) is 0. The van der Waals surface area contributed by atoms with Gasteiger partial charge in [0.2, 0.25) is 0 Å². The van der Waals surface area contributed by atoms with E-state index in [9.17, 15) is 0 Å². The van der Waals surface area contributed by atoms with Crippen molar-refractivity contribution in [2.75, 3.05) is 13.2 Å². The summed E-state index contributed by atoms with van der Waals surface area (Å²) in [6.45, 7) is 5.68. The minimum absolute atomic E-state index is 0.0516. The Kier molecular flexibility index (Phi) is 6.66. The minimum Gasteiger partial charge on any atom is -0.368 e. The average molecular weight is 338 g/mol. The molecule has 0 N–H and O–H groups in total. The Hall–Kier alpha value is -1.64. The number of ether oxygens (including phenoxy) is 2.